The second-order valence-electron chi connectivity index (χ2n) is 7.98. The van der Waals surface area contributed by atoms with Crippen molar-refractivity contribution in [1.29, 1.82) is 0 Å². The number of anilines is 1. The van der Waals surface area contributed by atoms with Crippen molar-refractivity contribution < 1.29 is 9.59 Å². The van der Waals surface area contributed by atoms with Crippen LogP contribution in [0.2, 0.25) is 0 Å². The Morgan fingerprint density at radius 3 is 2.41 bits per heavy atom. The van der Waals surface area contributed by atoms with Gasteiger partial charge in [0.05, 0.1) is 6.54 Å². The third-order valence-electron chi connectivity index (χ3n) is 5.61. The first-order chi connectivity index (χ1) is 13.9. The predicted molar refractivity (Wildman–Crippen MR) is 117 cm³/mol. The molecule has 0 bridgehead atoms. The fourth-order valence-corrected chi connectivity index (χ4v) is 3.88. The summed E-state index contributed by atoms with van der Waals surface area (Å²) >= 11 is 0. The van der Waals surface area contributed by atoms with Crippen LogP contribution in [0.5, 0.6) is 0 Å². The lowest BCUT2D eigenvalue weighted by atomic mass is 9.96. The van der Waals surface area contributed by atoms with E-state index in [1.54, 1.807) is 19.0 Å². The van der Waals surface area contributed by atoms with Crippen LogP contribution >= 0.6 is 0 Å². The number of carbonyl (C=O) groups is 2. The van der Waals surface area contributed by atoms with E-state index in [9.17, 15) is 9.59 Å². The van der Waals surface area contributed by atoms with E-state index in [1.807, 2.05) is 41.3 Å². The first kappa shape index (κ1) is 21.1. The van der Waals surface area contributed by atoms with Gasteiger partial charge in [-0.25, -0.2) is 0 Å². The molecule has 1 aliphatic heterocycles. The Morgan fingerprint density at radius 2 is 1.76 bits per heavy atom. The van der Waals surface area contributed by atoms with E-state index in [-0.39, 0.29) is 17.9 Å². The van der Waals surface area contributed by atoms with E-state index in [4.69, 9.17) is 0 Å². The van der Waals surface area contributed by atoms with Crippen LogP contribution < -0.4 is 4.90 Å². The van der Waals surface area contributed by atoms with Gasteiger partial charge in [-0.3, -0.25) is 14.5 Å². The van der Waals surface area contributed by atoms with Gasteiger partial charge >= 0.3 is 0 Å². The molecule has 1 aliphatic rings. The monoisotopic (exact) mass is 393 g/mol. The average molecular weight is 394 g/mol. The highest BCUT2D eigenvalue weighted by Gasteiger charge is 2.28. The molecule has 0 fully saturated rings. The first-order valence-corrected chi connectivity index (χ1v) is 10.3. The number of carbonyl (C=O) groups excluding carboxylic acids is 2. The van der Waals surface area contributed by atoms with Gasteiger partial charge in [-0.05, 0) is 55.6 Å². The number of benzene rings is 2. The van der Waals surface area contributed by atoms with Gasteiger partial charge < -0.3 is 9.80 Å². The quantitative estimate of drug-likeness (QED) is 0.754. The summed E-state index contributed by atoms with van der Waals surface area (Å²) in [4.78, 5) is 30.9. The van der Waals surface area contributed by atoms with Gasteiger partial charge in [0.2, 0.25) is 5.91 Å². The Labute approximate surface area is 173 Å². The van der Waals surface area contributed by atoms with Gasteiger partial charge in [-0.1, -0.05) is 37.3 Å². The molecule has 0 spiro atoms. The minimum atomic E-state index is -0.00294. The van der Waals surface area contributed by atoms with Gasteiger partial charge in [0.25, 0.3) is 5.91 Å². The standard InChI is InChI=1S/C24H31N3O2/c1-5-26(16-19-11-14-21(15-12-19)24(29)25(3)4)17-23(28)27-18(2)10-13-20-8-6-7-9-22(20)27/h6-9,11-12,14-15,18H,5,10,13,16-17H2,1-4H3. The molecule has 0 aromatic heterocycles. The molecule has 0 radical (unpaired) electrons. The Kier molecular flexibility index (Phi) is 6.70. The molecule has 1 heterocycles. The molecule has 154 valence electrons. The van der Waals surface area contributed by atoms with Crippen molar-refractivity contribution in [3.05, 3.63) is 65.2 Å². The zero-order valence-electron chi connectivity index (χ0n) is 17.9. The summed E-state index contributed by atoms with van der Waals surface area (Å²) in [5, 5.41) is 0. The number of rotatable bonds is 6. The second kappa shape index (κ2) is 9.23. The maximum Gasteiger partial charge on any atom is 0.253 e. The lowest BCUT2D eigenvalue weighted by Gasteiger charge is -2.36. The summed E-state index contributed by atoms with van der Waals surface area (Å²) in [6.45, 7) is 6.06. The first-order valence-electron chi connectivity index (χ1n) is 10.3. The van der Waals surface area contributed by atoms with Gasteiger partial charge in [0.15, 0.2) is 0 Å². The summed E-state index contributed by atoms with van der Waals surface area (Å²) in [6.07, 6.45) is 2.02. The number of aryl methyl sites for hydroxylation is 1. The number of hydrogen-bond donors (Lipinski definition) is 0. The zero-order valence-corrected chi connectivity index (χ0v) is 17.9. The number of likely N-dealkylation sites (N-methyl/N-ethyl adjacent to an activating group) is 1. The van der Waals surface area contributed by atoms with E-state index in [0.29, 0.717) is 18.7 Å². The van der Waals surface area contributed by atoms with Gasteiger partial charge in [-0.2, -0.15) is 0 Å². The van der Waals surface area contributed by atoms with Crippen LogP contribution in [-0.4, -0.2) is 54.8 Å². The third-order valence-corrected chi connectivity index (χ3v) is 5.61. The molecule has 0 aliphatic carbocycles. The van der Waals surface area contributed by atoms with Crippen LogP contribution in [0.4, 0.5) is 5.69 Å². The van der Waals surface area contributed by atoms with Crippen LogP contribution in [0.15, 0.2) is 48.5 Å². The molecule has 1 atom stereocenters. The summed E-state index contributed by atoms with van der Waals surface area (Å²) < 4.78 is 0. The lowest BCUT2D eigenvalue weighted by molar-refractivity contribution is -0.120. The highest BCUT2D eigenvalue weighted by atomic mass is 16.2. The van der Waals surface area contributed by atoms with E-state index in [2.05, 4.69) is 30.9 Å². The molecule has 29 heavy (non-hydrogen) atoms. The molecule has 3 rings (SSSR count). The topological polar surface area (TPSA) is 43.9 Å². The van der Waals surface area contributed by atoms with Crippen LogP contribution in [0.25, 0.3) is 0 Å². The highest BCUT2D eigenvalue weighted by Crippen LogP contribution is 2.30. The minimum Gasteiger partial charge on any atom is -0.345 e. The fraction of sp³-hybridized carbons (Fsp3) is 0.417. The largest absolute Gasteiger partial charge is 0.345 e. The van der Waals surface area contributed by atoms with Gasteiger partial charge in [0, 0.05) is 37.9 Å². The number of fused-ring (bicyclic) bond motifs is 1. The Bertz CT molecular complexity index is 861. The Hall–Kier alpha value is -2.66. The SMILES string of the molecule is CCN(CC(=O)N1c2ccccc2CCC1C)Cc1ccc(C(=O)N(C)C)cc1. The molecule has 2 aromatic rings. The number of para-hydroxylation sites is 1. The van der Waals surface area contributed by atoms with E-state index in [1.165, 1.54) is 5.56 Å². The van der Waals surface area contributed by atoms with Crippen molar-refractivity contribution in [3.63, 3.8) is 0 Å². The Morgan fingerprint density at radius 1 is 1.07 bits per heavy atom. The summed E-state index contributed by atoms with van der Waals surface area (Å²) in [5.74, 6) is 0.141. The Balaban J connectivity index is 1.68. The number of hydrogen-bond acceptors (Lipinski definition) is 3. The molecule has 0 saturated carbocycles. The molecule has 2 amide bonds. The van der Waals surface area contributed by atoms with Crippen molar-refractivity contribution in [2.24, 2.45) is 0 Å². The van der Waals surface area contributed by atoms with Crippen molar-refractivity contribution in [3.8, 4) is 0 Å². The molecule has 5 nitrogen and oxygen atoms in total. The van der Waals surface area contributed by atoms with Crippen molar-refractivity contribution in [2.75, 3.05) is 32.1 Å². The number of amides is 2. The fourth-order valence-electron chi connectivity index (χ4n) is 3.88. The molecular weight excluding hydrogens is 362 g/mol. The molecule has 0 saturated heterocycles. The summed E-state index contributed by atoms with van der Waals surface area (Å²) in [5.41, 5.74) is 4.08. The van der Waals surface area contributed by atoms with Crippen LogP contribution in [0, 0.1) is 0 Å². The molecule has 2 aromatic carbocycles. The van der Waals surface area contributed by atoms with Crippen molar-refractivity contribution >= 4 is 17.5 Å². The van der Waals surface area contributed by atoms with Crippen molar-refractivity contribution in [1.82, 2.24) is 9.80 Å². The van der Waals surface area contributed by atoms with E-state index < -0.39 is 0 Å². The van der Waals surface area contributed by atoms with Crippen LogP contribution in [0.1, 0.15) is 41.8 Å². The molecule has 5 heteroatoms. The zero-order chi connectivity index (χ0) is 21.0. The van der Waals surface area contributed by atoms with Crippen LogP contribution in [0.3, 0.4) is 0 Å². The average Bonchev–Trinajstić information content (AvgIpc) is 2.72. The van der Waals surface area contributed by atoms with E-state index in [0.717, 1.165) is 30.6 Å². The normalized spacial score (nSPS) is 15.9. The number of nitrogens with zero attached hydrogens (tertiary/aromatic N) is 3. The summed E-state index contributed by atoms with van der Waals surface area (Å²) in [7, 11) is 3.50. The molecule has 1 unspecified atom stereocenters. The van der Waals surface area contributed by atoms with Gasteiger partial charge in [-0.15, -0.1) is 0 Å². The highest BCUT2D eigenvalue weighted by molar-refractivity contribution is 5.96. The van der Waals surface area contributed by atoms with Gasteiger partial charge in [0.1, 0.15) is 0 Å². The van der Waals surface area contributed by atoms with Crippen molar-refractivity contribution in [2.45, 2.75) is 39.3 Å². The minimum absolute atomic E-state index is 0.00294. The predicted octanol–water partition coefficient (Wildman–Crippen LogP) is 3.58. The second-order valence-corrected chi connectivity index (χ2v) is 7.98. The molecule has 0 N–H and O–H groups in total. The smallest absolute Gasteiger partial charge is 0.253 e. The molecular formula is C24H31N3O2. The maximum atomic E-state index is 13.2. The van der Waals surface area contributed by atoms with E-state index >= 15 is 0 Å². The summed E-state index contributed by atoms with van der Waals surface area (Å²) in [6, 6.07) is 16.1. The maximum absolute atomic E-state index is 13.2. The lowest BCUT2D eigenvalue weighted by Crippen LogP contribution is -2.47. The third kappa shape index (κ3) is 4.85. The van der Waals surface area contributed by atoms with Crippen LogP contribution in [-0.2, 0) is 17.8 Å².